The largest absolute Gasteiger partial charge is 0.493 e. The number of aliphatic hydroxyl groups is 1. The molecule has 2 atom stereocenters. The van der Waals surface area contributed by atoms with Gasteiger partial charge in [-0.05, 0) is 68.5 Å². The Hall–Kier alpha value is -3.96. The maximum atomic E-state index is 13.2. The molecule has 0 heterocycles. The summed E-state index contributed by atoms with van der Waals surface area (Å²) in [6.45, 7) is 6.89. The number of carbonyl (C=O) groups excluding carboxylic acids is 2. The van der Waals surface area contributed by atoms with Gasteiger partial charge in [-0.25, -0.2) is 17.9 Å². The molecule has 0 aliphatic rings. The number of nitrogens with zero attached hydrogens (tertiary/aromatic N) is 1. The van der Waals surface area contributed by atoms with Gasteiger partial charge in [0.05, 0.1) is 37.2 Å². The third-order valence-corrected chi connectivity index (χ3v) is 7.24. The minimum Gasteiger partial charge on any atom is -0.493 e. The SMILES string of the molecule is C[C@@H]([C@H](O)c1ccccc1)N(CCc1ccc(-c2ccc(C(=O)NS(C)(=O)=O)c(OCCCF)c2)cc1)C(=O)OC(C)(C)C. The number of amides is 2. The summed E-state index contributed by atoms with van der Waals surface area (Å²) in [5, 5.41) is 11.0. The zero-order chi connectivity index (χ0) is 32.5. The van der Waals surface area contributed by atoms with Gasteiger partial charge in [-0.1, -0.05) is 60.7 Å². The van der Waals surface area contributed by atoms with Crippen LogP contribution in [0.4, 0.5) is 9.18 Å². The molecule has 11 heteroatoms. The molecular weight excluding hydrogens is 587 g/mol. The van der Waals surface area contributed by atoms with Crippen LogP contribution in [0.5, 0.6) is 5.75 Å². The number of ether oxygens (including phenoxy) is 2. The van der Waals surface area contributed by atoms with E-state index in [1.165, 1.54) is 11.0 Å². The van der Waals surface area contributed by atoms with Crippen LogP contribution in [0.25, 0.3) is 11.1 Å². The molecule has 0 aliphatic carbocycles. The molecular formula is C33H41FN2O7S. The van der Waals surface area contributed by atoms with Crippen LogP contribution in [0.15, 0.2) is 72.8 Å². The molecule has 0 aliphatic heterocycles. The van der Waals surface area contributed by atoms with Gasteiger partial charge < -0.3 is 19.5 Å². The summed E-state index contributed by atoms with van der Waals surface area (Å²) in [5.74, 6) is -0.703. The number of hydrogen-bond acceptors (Lipinski definition) is 7. The van der Waals surface area contributed by atoms with Crippen molar-refractivity contribution in [2.75, 3.05) is 26.1 Å². The van der Waals surface area contributed by atoms with Crippen molar-refractivity contribution < 1.29 is 37.0 Å². The number of hydrogen-bond donors (Lipinski definition) is 2. The van der Waals surface area contributed by atoms with Gasteiger partial charge in [-0.2, -0.15) is 0 Å². The van der Waals surface area contributed by atoms with Crippen LogP contribution in [-0.4, -0.2) is 68.1 Å². The molecule has 2 N–H and O–H groups in total. The normalized spacial score (nSPS) is 13.1. The number of nitrogens with one attached hydrogen (secondary N) is 1. The van der Waals surface area contributed by atoms with Crippen LogP contribution in [-0.2, 0) is 21.2 Å². The van der Waals surface area contributed by atoms with Gasteiger partial charge >= 0.3 is 6.09 Å². The van der Waals surface area contributed by atoms with Crippen LogP contribution in [0.2, 0.25) is 0 Å². The van der Waals surface area contributed by atoms with E-state index in [0.29, 0.717) is 24.1 Å². The lowest BCUT2D eigenvalue weighted by Crippen LogP contribution is -2.45. The maximum absolute atomic E-state index is 13.2. The Balaban J connectivity index is 1.80. The van der Waals surface area contributed by atoms with Crippen LogP contribution in [0.1, 0.15) is 61.7 Å². The molecule has 238 valence electrons. The predicted octanol–water partition coefficient (Wildman–Crippen LogP) is 5.68. The summed E-state index contributed by atoms with van der Waals surface area (Å²) in [4.78, 5) is 27.2. The van der Waals surface area contributed by atoms with Gasteiger partial charge in [0, 0.05) is 13.0 Å². The standard InChI is InChI=1S/C33H41FN2O7S/c1-23(30(37)26-10-7-6-8-11-26)36(32(39)43-33(2,3)4)20-18-24-12-14-25(15-13-24)27-16-17-28(31(38)35-44(5,40)41)29(22-27)42-21-9-19-34/h6-8,10-17,22-23,30,37H,9,18-21H2,1-5H3,(H,35,38)/t23-,30-/m0/s1. The van der Waals surface area contributed by atoms with Gasteiger partial charge in [0.15, 0.2) is 0 Å². The van der Waals surface area contributed by atoms with E-state index >= 15 is 0 Å². The molecule has 3 rings (SSSR count). The van der Waals surface area contributed by atoms with E-state index in [-0.39, 0.29) is 24.3 Å². The highest BCUT2D eigenvalue weighted by atomic mass is 32.2. The summed E-state index contributed by atoms with van der Waals surface area (Å²) in [6, 6.07) is 20.9. The minimum absolute atomic E-state index is 0.0173. The van der Waals surface area contributed by atoms with Crippen molar-refractivity contribution in [1.29, 1.82) is 0 Å². The number of halogens is 1. The average Bonchev–Trinajstić information content (AvgIpc) is 2.96. The minimum atomic E-state index is -3.79. The third-order valence-electron chi connectivity index (χ3n) is 6.69. The first-order chi connectivity index (χ1) is 20.7. The fraction of sp³-hybridized carbons (Fsp3) is 0.394. The highest BCUT2D eigenvalue weighted by Crippen LogP contribution is 2.29. The van der Waals surface area contributed by atoms with Crippen LogP contribution in [0, 0.1) is 0 Å². The molecule has 0 saturated heterocycles. The topological polar surface area (TPSA) is 122 Å². The highest BCUT2D eigenvalue weighted by molar-refractivity contribution is 7.89. The van der Waals surface area contributed by atoms with Crippen molar-refractivity contribution in [3.05, 3.63) is 89.5 Å². The van der Waals surface area contributed by atoms with E-state index in [1.807, 2.05) is 59.3 Å². The molecule has 0 aromatic heterocycles. The molecule has 0 spiro atoms. The fourth-order valence-corrected chi connectivity index (χ4v) is 4.91. The Kier molecular flexibility index (Phi) is 11.9. The number of sulfonamides is 1. The molecule has 44 heavy (non-hydrogen) atoms. The molecule has 0 fully saturated rings. The molecule has 3 aromatic rings. The van der Waals surface area contributed by atoms with Crippen LogP contribution in [0.3, 0.4) is 0 Å². The average molecular weight is 629 g/mol. The predicted molar refractivity (Wildman–Crippen MR) is 168 cm³/mol. The Morgan fingerprint density at radius 1 is 1.00 bits per heavy atom. The first-order valence-electron chi connectivity index (χ1n) is 14.4. The summed E-state index contributed by atoms with van der Waals surface area (Å²) < 4.78 is 49.0. The van der Waals surface area contributed by atoms with E-state index in [4.69, 9.17) is 9.47 Å². The zero-order valence-electron chi connectivity index (χ0n) is 25.7. The molecule has 0 saturated carbocycles. The first kappa shape index (κ1) is 34.5. The second-order valence-electron chi connectivity index (χ2n) is 11.5. The summed E-state index contributed by atoms with van der Waals surface area (Å²) in [5.41, 5.74) is 2.46. The Labute approximate surface area is 259 Å². The number of carbonyl (C=O) groups is 2. The van der Waals surface area contributed by atoms with Crippen molar-refractivity contribution in [3.8, 4) is 16.9 Å². The zero-order valence-corrected chi connectivity index (χ0v) is 26.6. The summed E-state index contributed by atoms with van der Waals surface area (Å²) >= 11 is 0. The lowest BCUT2D eigenvalue weighted by Gasteiger charge is -2.34. The molecule has 0 unspecified atom stereocenters. The quantitative estimate of drug-likeness (QED) is 0.234. The lowest BCUT2D eigenvalue weighted by atomic mass is 10.00. The van der Waals surface area contributed by atoms with E-state index in [9.17, 15) is 27.5 Å². The number of rotatable bonds is 13. The molecule has 9 nitrogen and oxygen atoms in total. The van der Waals surface area contributed by atoms with E-state index < -0.39 is 46.4 Å². The van der Waals surface area contributed by atoms with Crippen molar-refractivity contribution in [1.82, 2.24) is 9.62 Å². The molecule has 0 bridgehead atoms. The maximum Gasteiger partial charge on any atom is 0.410 e. The summed E-state index contributed by atoms with van der Waals surface area (Å²) in [7, 11) is -3.79. The molecule has 0 radical (unpaired) electrons. The number of alkyl halides is 1. The molecule has 2 amide bonds. The monoisotopic (exact) mass is 628 g/mol. The van der Waals surface area contributed by atoms with Crippen molar-refractivity contribution in [2.45, 2.75) is 58.3 Å². The van der Waals surface area contributed by atoms with Gasteiger partial charge in [0.25, 0.3) is 5.91 Å². The van der Waals surface area contributed by atoms with Crippen LogP contribution < -0.4 is 9.46 Å². The Morgan fingerprint density at radius 2 is 1.64 bits per heavy atom. The number of benzene rings is 3. The molecule has 3 aromatic carbocycles. The summed E-state index contributed by atoms with van der Waals surface area (Å²) in [6.07, 6.45) is 0.0660. The Bertz CT molecular complexity index is 1510. The second-order valence-corrected chi connectivity index (χ2v) is 13.3. The van der Waals surface area contributed by atoms with Gasteiger partial charge in [0.2, 0.25) is 10.0 Å². The second kappa shape index (κ2) is 15.2. The Morgan fingerprint density at radius 3 is 2.23 bits per heavy atom. The van der Waals surface area contributed by atoms with Gasteiger partial charge in [-0.15, -0.1) is 0 Å². The van der Waals surface area contributed by atoms with Crippen LogP contribution >= 0.6 is 0 Å². The number of aliphatic hydroxyl groups excluding tert-OH is 1. The van der Waals surface area contributed by atoms with E-state index in [2.05, 4.69) is 0 Å². The first-order valence-corrected chi connectivity index (χ1v) is 16.2. The van der Waals surface area contributed by atoms with Gasteiger partial charge in [-0.3, -0.25) is 9.18 Å². The fourth-order valence-electron chi connectivity index (χ4n) is 4.46. The smallest absolute Gasteiger partial charge is 0.410 e. The van der Waals surface area contributed by atoms with Crippen molar-refractivity contribution in [2.24, 2.45) is 0 Å². The van der Waals surface area contributed by atoms with Crippen molar-refractivity contribution in [3.63, 3.8) is 0 Å². The van der Waals surface area contributed by atoms with E-state index in [1.54, 1.807) is 39.8 Å². The van der Waals surface area contributed by atoms with Gasteiger partial charge in [0.1, 0.15) is 11.4 Å². The lowest BCUT2D eigenvalue weighted by molar-refractivity contribution is -0.00239. The van der Waals surface area contributed by atoms with Crippen molar-refractivity contribution >= 4 is 22.0 Å². The van der Waals surface area contributed by atoms with E-state index in [0.717, 1.165) is 17.4 Å². The highest BCUT2D eigenvalue weighted by Gasteiger charge is 2.30. The third kappa shape index (κ3) is 10.3.